The van der Waals surface area contributed by atoms with E-state index in [9.17, 15) is 18.0 Å². The third kappa shape index (κ3) is 6.11. The van der Waals surface area contributed by atoms with Crippen molar-refractivity contribution in [3.8, 4) is 11.3 Å². The van der Waals surface area contributed by atoms with E-state index in [1.165, 1.54) is 10.7 Å². The van der Waals surface area contributed by atoms with Crippen molar-refractivity contribution >= 4 is 23.5 Å². The van der Waals surface area contributed by atoms with Gasteiger partial charge in [-0.1, -0.05) is 0 Å². The summed E-state index contributed by atoms with van der Waals surface area (Å²) in [6.07, 6.45) is -4.24. The van der Waals surface area contributed by atoms with Crippen molar-refractivity contribution in [2.45, 2.75) is 71.3 Å². The summed E-state index contributed by atoms with van der Waals surface area (Å²) in [4.78, 5) is 24.4. The van der Waals surface area contributed by atoms with Crippen molar-refractivity contribution in [3.63, 3.8) is 0 Å². The molecule has 0 radical (unpaired) electrons. The number of rotatable bonds is 3. The summed E-state index contributed by atoms with van der Waals surface area (Å²) >= 11 is 6.19. The van der Waals surface area contributed by atoms with Gasteiger partial charge in [0.2, 0.25) is 5.28 Å². The number of amides is 1. The van der Waals surface area contributed by atoms with Gasteiger partial charge in [0.05, 0.1) is 36.6 Å². The van der Waals surface area contributed by atoms with Gasteiger partial charge in [-0.2, -0.15) is 18.3 Å². The summed E-state index contributed by atoms with van der Waals surface area (Å²) < 4.78 is 54.9. The van der Waals surface area contributed by atoms with Crippen LogP contribution >= 0.6 is 11.6 Å². The van der Waals surface area contributed by atoms with Gasteiger partial charge in [-0.25, -0.2) is 14.8 Å². The van der Waals surface area contributed by atoms with Crippen LogP contribution in [0, 0.1) is 6.92 Å². The Hall–Kier alpha value is -2.60. The Bertz CT molecular complexity index is 1140. The fraction of sp³-hybridized carbons (Fsp3) is 0.667. The SMILES string of the molecule is Cc1c(-c2cc(N3CCOC[C@H]3C)nc(Cl)n2)c(C(F)(F)F)nn1C1CCN(C(=O)OC(C)(C)C)CC1. The predicted octanol–water partition coefficient (Wildman–Crippen LogP) is 5.12. The second kappa shape index (κ2) is 10.3. The van der Waals surface area contributed by atoms with E-state index in [0.29, 0.717) is 57.2 Å². The number of alkyl halides is 3. The molecule has 1 atom stereocenters. The van der Waals surface area contributed by atoms with E-state index in [4.69, 9.17) is 21.1 Å². The van der Waals surface area contributed by atoms with Gasteiger partial charge in [0.25, 0.3) is 0 Å². The van der Waals surface area contributed by atoms with E-state index < -0.39 is 23.6 Å². The van der Waals surface area contributed by atoms with Crippen molar-refractivity contribution < 1.29 is 27.4 Å². The molecule has 1 amide bonds. The zero-order valence-electron chi connectivity index (χ0n) is 21.6. The normalized spacial score (nSPS) is 19.9. The van der Waals surface area contributed by atoms with Gasteiger partial charge < -0.3 is 19.3 Å². The number of hydrogen-bond donors (Lipinski definition) is 0. The van der Waals surface area contributed by atoms with Gasteiger partial charge in [0.15, 0.2) is 5.69 Å². The van der Waals surface area contributed by atoms with Crippen LogP contribution < -0.4 is 4.90 Å². The van der Waals surface area contributed by atoms with Crippen LogP contribution in [0.15, 0.2) is 6.07 Å². The Morgan fingerprint density at radius 2 is 1.84 bits per heavy atom. The monoisotopic (exact) mass is 544 g/mol. The molecule has 13 heteroatoms. The topological polar surface area (TPSA) is 85.6 Å². The van der Waals surface area contributed by atoms with E-state index in [2.05, 4.69) is 15.1 Å². The zero-order chi connectivity index (χ0) is 27.1. The molecule has 0 bridgehead atoms. The van der Waals surface area contributed by atoms with Gasteiger partial charge in [0.1, 0.15) is 11.4 Å². The molecule has 2 saturated heterocycles. The lowest BCUT2D eigenvalue weighted by Gasteiger charge is -2.34. The maximum atomic E-state index is 14.2. The quantitative estimate of drug-likeness (QED) is 0.496. The fourth-order valence-corrected chi connectivity index (χ4v) is 4.92. The van der Waals surface area contributed by atoms with Crippen LogP contribution in [0.4, 0.5) is 23.8 Å². The molecule has 0 N–H and O–H groups in total. The van der Waals surface area contributed by atoms with E-state index in [-0.39, 0.29) is 28.6 Å². The van der Waals surface area contributed by atoms with E-state index in [1.807, 2.05) is 11.8 Å². The van der Waals surface area contributed by atoms with Crippen LogP contribution in [0.2, 0.25) is 5.28 Å². The summed E-state index contributed by atoms with van der Waals surface area (Å²) in [5.74, 6) is 0.441. The Morgan fingerprint density at radius 1 is 1.16 bits per heavy atom. The molecule has 204 valence electrons. The lowest BCUT2D eigenvalue weighted by molar-refractivity contribution is -0.141. The largest absolute Gasteiger partial charge is 0.444 e. The molecule has 0 unspecified atom stereocenters. The van der Waals surface area contributed by atoms with Crippen molar-refractivity contribution in [2.24, 2.45) is 0 Å². The van der Waals surface area contributed by atoms with Crippen LogP contribution in [0.5, 0.6) is 0 Å². The molecule has 2 aromatic rings. The van der Waals surface area contributed by atoms with Gasteiger partial charge in [0, 0.05) is 31.4 Å². The molecule has 0 aromatic carbocycles. The molecule has 2 aliphatic heterocycles. The number of ether oxygens (including phenoxy) is 2. The van der Waals surface area contributed by atoms with Gasteiger partial charge in [-0.15, -0.1) is 0 Å². The Kier molecular flexibility index (Phi) is 7.62. The summed E-state index contributed by atoms with van der Waals surface area (Å²) in [7, 11) is 0. The minimum atomic E-state index is -4.70. The first-order valence-corrected chi connectivity index (χ1v) is 12.7. The number of anilines is 1. The molecule has 2 fully saturated rings. The highest BCUT2D eigenvalue weighted by atomic mass is 35.5. The molecule has 0 aliphatic carbocycles. The second-order valence-electron chi connectivity index (χ2n) is 10.4. The smallest absolute Gasteiger partial charge is 0.435 e. The number of halogens is 4. The first-order chi connectivity index (χ1) is 17.2. The highest BCUT2D eigenvalue weighted by Crippen LogP contribution is 2.40. The Morgan fingerprint density at radius 3 is 2.43 bits per heavy atom. The van der Waals surface area contributed by atoms with Gasteiger partial charge in [-0.05, 0) is 59.1 Å². The number of piperidine rings is 1. The van der Waals surface area contributed by atoms with Gasteiger partial charge >= 0.3 is 12.3 Å². The summed E-state index contributed by atoms with van der Waals surface area (Å²) in [5, 5.41) is 3.88. The summed E-state index contributed by atoms with van der Waals surface area (Å²) in [6, 6.07) is 1.20. The average Bonchev–Trinajstić information content (AvgIpc) is 3.15. The number of nitrogens with zero attached hydrogens (tertiary/aromatic N) is 6. The lowest BCUT2D eigenvalue weighted by atomic mass is 10.0. The molecular formula is C24H32ClF3N6O3. The number of hydrogen-bond acceptors (Lipinski definition) is 7. The minimum Gasteiger partial charge on any atom is -0.444 e. The molecule has 4 rings (SSSR count). The number of carbonyl (C=O) groups is 1. The number of aromatic nitrogens is 4. The van der Waals surface area contributed by atoms with Crippen molar-refractivity contribution in [3.05, 3.63) is 22.7 Å². The highest BCUT2D eigenvalue weighted by molar-refractivity contribution is 6.28. The first-order valence-electron chi connectivity index (χ1n) is 12.3. The zero-order valence-corrected chi connectivity index (χ0v) is 22.4. The standard InChI is InChI=1S/C24H32ClF3N6O3/c1-14-13-36-11-10-33(14)18-12-17(29-21(25)30-18)19-15(2)34(31-20(19)24(26,27)28)16-6-8-32(9-7-16)22(35)37-23(3,4)5/h12,14,16H,6-11,13H2,1-5H3/t14-/m1/s1. The molecule has 37 heavy (non-hydrogen) atoms. The van der Waals surface area contributed by atoms with Crippen LogP contribution in [0.1, 0.15) is 58.0 Å². The number of carbonyl (C=O) groups excluding carboxylic acids is 1. The number of morpholine rings is 1. The number of likely N-dealkylation sites (tertiary alicyclic amines) is 1. The predicted molar refractivity (Wildman–Crippen MR) is 132 cm³/mol. The van der Waals surface area contributed by atoms with Crippen LogP contribution in [0.25, 0.3) is 11.3 Å². The molecule has 2 aromatic heterocycles. The molecule has 4 heterocycles. The van der Waals surface area contributed by atoms with Crippen LogP contribution in [-0.4, -0.2) is 75.2 Å². The molecular weight excluding hydrogens is 513 g/mol. The third-order valence-corrected chi connectivity index (χ3v) is 6.65. The summed E-state index contributed by atoms with van der Waals surface area (Å²) in [5.41, 5.74) is -1.36. The van der Waals surface area contributed by atoms with Crippen molar-refractivity contribution in [1.82, 2.24) is 24.6 Å². The average molecular weight is 545 g/mol. The second-order valence-corrected chi connectivity index (χ2v) is 10.8. The van der Waals surface area contributed by atoms with Crippen LogP contribution in [0.3, 0.4) is 0 Å². The van der Waals surface area contributed by atoms with Crippen LogP contribution in [-0.2, 0) is 15.7 Å². The van der Waals surface area contributed by atoms with E-state index in [1.54, 1.807) is 32.6 Å². The Labute approximate surface area is 218 Å². The fourth-order valence-electron chi connectivity index (χ4n) is 4.75. The van der Waals surface area contributed by atoms with Crippen molar-refractivity contribution in [2.75, 3.05) is 37.7 Å². The van der Waals surface area contributed by atoms with Crippen molar-refractivity contribution in [1.29, 1.82) is 0 Å². The molecule has 9 nitrogen and oxygen atoms in total. The van der Waals surface area contributed by atoms with E-state index >= 15 is 0 Å². The minimum absolute atomic E-state index is 0.0198. The molecule has 0 saturated carbocycles. The lowest BCUT2D eigenvalue weighted by Crippen LogP contribution is -2.44. The molecule has 2 aliphatic rings. The maximum Gasteiger partial charge on any atom is 0.435 e. The Balaban J connectivity index is 1.65. The summed E-state index contributed by atoms with van der Waals surface area (Å²) in [6.45, 7) is 11.1. The molecule has 0 spiro atoms. The third-order valence-electron chi connectivity index (χ3n) is 6.48. The van der Waals surface area contributed by atoms with E-state index in [0.717, 1.165) is 0 Å². The highest BCUT2D eigenvalue weighted by Gasteiger charge is 2.41. The first kappa shape index (κ1) is 27.4. The maximum absolute atomic E-state index is 14.2. The van der Waals surface area contributed by atoms with Gasteiger partial charge in [-0.3, -0.25) is 4.68 Å².